The summed E-state index contributed by atoms with van der Waals surface area (Å²) >= 11 is 0. The molecule has 0 spiro atoms. The number of ether oxygens (including phenoxy) is 1. The maximum atomic E-state index is 13.7. The van der Waals surface area contributed by atoms with E-state index in [-0.39, 0.29) is 17.9 Å². The summed E-state index contributed by atoms with van der Waals surface area (Å²) in [6.45, 7) is 6.62. The van der Waals surface area contributed by atoms with Gasteiger partial charge in [-0.3, -0.25) is 14.6 Å². The van der Waals surface area contributed by atoms with Crippen LogP contribution in [0.1, 0.15) is 42.1 Å². The van der Waals surface area contributed by atoms with Crippen LogP contribution in [0.5, 0.6) is 5.75 Å². The Bertz CT molecular complexity index is 1270. The van der Waals surface area contributed by atoms with E-state index in [1.807, 2.05) is 6.92 Å². The van der Waals surface area contributed by atoms with Gasteiger partial charge in [-0.05, 0) is 65.9 Å². The summed E-state index contributed by atoms with van der Waals surface area (Å²) in [5, 5.41) is 11.3. The normalized spacial score (nSPS) is 17.3. The average Bonchev–Trinajstić information content (AvgIpc) is 3.09. The van der Waals surface area contributed by atoms with Gasteiger partial charge in [0.15, 0.2) is 0 Å². The van der Waals surface area contributed by atoms with Gasteiger partial charge in [-0.1, -0.05) is 32.0 Å². The third kappa shape index (κ3) is 5.09. The first-order valence-corrected chi connectivity index (χ1v) is 11.4. The lowest BCUT2D eigenvalue weighted by Crippen LogP contribution is -2.29. The molecule has 6 nitrogen and oxygen atoms in total. The van der Waals surface area contributed by atoms with E-state index in [2.05, 4.69) is 18.8 Å². The summed E-state index contributed by atoms with van der Waals surface area (Å²) in [7, 11) is 0. The van der Waals surface area contributed by atoms with E-state index in [9.17, 15) is 19.1 Å². The number of amides is 1. The van der Waals surface area contributed by atoms with Gasteiger partial charge in [0.1, 0.15) is 17.3 Å². The van der Waals surface area contributed by atoms with Crippen molar-refractivity contribution in [2.45, 2.75) is 33.4 Å². The summed E-state index contributed by atoms with van der Waals surface area (Å²) in [5.41, 5.74) is 2.39. The van der Waals surface area contributed by atoms with Crippen molar-refractivity contribution in [3.63, 3.8) is 0 Å². The lowest BCUT2D eigenvalue weighted by Gasteiger charge is -2.25. The number of halogens is 1. The predicted octanol–water partition coefficient (Wildman–Crippen LogP) is 5.19. The molecule has 0 unspecified atom stereocenters. The van der Waals surface area contributed by atoms with Gasteiger partial charge >= 0.3 is 0 Å². The van der Waals surface area contributed by atoms with E-state index >= 15 is 0 Å². The molecule has 1 amide bonds. The van der Waals surface area contributed by atoms with Crippen LogP contribution < -0.4 is 4.74 Å². The van der Waals surface area contributed by atoms with Crippen molar-refractivity contribution < 1.29 is 23.8 Å². The van der Waals surface area contributed by atoms with Crippen LogP contribution in [0.2, 0.25) is 0 Å². The van der Waals surface area contributed by atoms with Crippen LogP contribution in [0.15, 0.2) is 72.6 Å². The second-order valence-electron chi connectivity index (χ2n) is 9.02. The summed E-state index contributed by atoms with van der Waals surface area (Å²) in [5.74, 6) is -1.22. The second kappa shape index (κ2) is 10.1. The largest absolute Gasteiger partial charge is 0.507 e. The van der Waals surface area contributed by atoms with Crippen LogP contribution in [-0.2, 0) is 16.1 Å². The maximum Gasteiger partial charge on any atom is 0.295 e. The number of ketones is 1. The van der Waals surface area contributed by atoms with Gasteiger partial charge in [0.05, 0.1) is 18.2 Å². The number of aryl methyl sites for hydroxylation is 1. The van der Waals surface area contributed by atoms with Gasteiger partial charge < -0.3 is 14.7 Å². The second-order valence-corrected chi connectivity index (χ2v) is 9.02. The molecule has 0 saturated carbocycles. The monoisotopic (exact) mass is 474 g/mol. The van der Waals surface area contributed by atoms with E-state index in [4.69, 9.17) is 4.74 Å². The summed E-state index contributed by atoms with van der Waals surface area (Å²) in [6.07, 6.45) is 3.23. The van der Waals surface area contributed by atoms with Gasteiger partial charge in [0.25, 0.3) is 11.7 Å². The van der Waals surface area contributed by atoms with Crippen LogP contribution in [0, 0.1) is 18.7 Å². The van der Waals surface area contributed by atoms with Crippen LogP contribution in [0.4, 0.5) is 4.39 Å². The number of Topliss-reactive ketones (excluding diaryl/α,β-unsaturated/α-hetero) is 1. The van der Waals surface area contributed by atoms with Crippen molar-refractivity contribution in [3.8, 4) is 5.75 Å². The molecule has 1 aliphatic heterocycles. The standard InChI is InChI=1S/C28H27FN2O4/c1-17(2)16-35-23-11-8-21(13-18(23)3)26(32)24-25(20-6-9-22(29)10-7-20)31(28(34)27(24)33)15-19-5-4-12-30-14-19/h4-14,17,25,32H,15-16H2,1-3H3/t25-/m1/s1. The van der Waals surface area contributed by atoms with Crippen molar-refractivity contribution in [2.75, 3.05) is 6.61 Å². The van der Waals surface area contributed by atoms with Crippen LogP contribution in [-0.4, -0.2) is 33.3 Å². The topological polar surface area (TPSA) is 79.7 Å². The van der Waals surface area contributed by atoms with Crippen LogP contribution >= 0.6 is 0 Å². The number of pyridine rings is 1. The molecular formula is C28H27FN2O4. The molecule has 0 aliphatic carbocycles. The van der Waals surface area contributed by atoms with Crippen LogP contribution in [0.25, 0.3) is 5.76 Å². The number of rotatable bonds is 7. The molecule has 1 aromatic heterocycles. The van der Waals surface area contributed by atoms with Crippen molar-refractivity contribution in [2.24, 2.45) is 5.92 Å². The highest BCUT2D eigenvalue weighted by molar-refractivity contribution is 6.46. The Balaban J connectivity index is 1.78. The van der Waals surface area contributed by atoms with Gasteiger partial charge in [-0.2, -0.15) is 0 Å². The number of hydrogen-bond donors (Lipinski definition) is 1. The van der Waals surface area contributed by atoms with E-state index in [0.717, 1.165) is 11.1 Å². The fourth-order valence-corrected chi connectivity index (χ4v) is 4.09. The van der Waals surface area contributed by atoms with Gasteiger partial charge in [0, 0.05) is 24.5 Å². The molecule has 2 heterocycles. The molecule has 35 heavy (non-hydrogen) atoms. The number of aliphatic hydroxyl groups excluding tert-OH is 1. The zero-order valence-corrected chi connectivity index (χ0v) is 19.9. The molecule has 1 fully saturated rings. The quantitative estimate of drug-likeness (QED) is 0.290. The number of hydrogen-bond acceptors (Lipinski definition) is 5. The molecule has 3 aromatic rings. The SMILES string of the molecule is Cc1cc(C(O)=C2C(=O)C(=O)N(Cc3cccnc3)[C@@H]2c2ccc(F)cc2)ccc1OCC(C)C. The Morgan fingerprint density at radius 1 is 1.14 bits per heavy atom. The minimum Gasteiger partial charge on any atom is -0.507 e. The molecule has 1 saturated heterocycles. The highest BCUT2D eigenvalue weighted by atomic mass is 19.1. The number of likely N-dealkylation sites (tertiary alicyclic amines) is 1. The third-order valence-electron chi connectivity index (χ3n) is 5.82. The Labute approximate surface area is 203 Å². The van der Waals surface area contributed by atoms with E-state index in [1.54, 1.807) is 42.7 Å². The minimum absolute atomic E-state index is 0.0410. The number of nitrogens with zero attached hydrogens (tertiary/aromatic N) is 2. The average molecular weight is 475 g/mol. The molecular weight excluding hydrogens is 447 g/mol. The molecule has 1 atom stereocenters. The maximum absolute atomic E-state index is 13.7. The number of aromatic nitrogens is 1. The fraction of sp³-hybridized carbons (Fsp3) is 0.250. The molecule has 0 radical (unpaired) electrons. The zero-order chi connectivity index (χ0) is 25.1. The van der Waals surface area contributed by atoms with E-state index in [1.165, 1.54) is 29.2 Å². The van der Waals surface area contributed by atoms with Gasteiger partial charge in [-0.25, -0.2) is 4.39 Å². The highest BCUT2D eigenvalue weighted by Gasteiger charge is 2.46. The van der Waals surface area contributed by atoms with E-state index in [0.29, 0.717) is 29.4 Å². The van der Waals surface area contributed by atoms with Crippen molar-refractivity contribution in [1.82, 2.24) is 9.88 Å². The number of carbonyl (C=O) groups is 2. The molecule has 1 N–H and O–H groups in total. The smallest absolute Gasteiger partial charge is 0.295 e. The lowest BCUT2D eigenvalue weighted by molar-refractivity contribution is -0.140. The molecule has 1 aliphatic rings. The number of carbonyl (C=O) groups excluding carboxylic acids is 2. The first-order valence-electron chi connectivity index (χ1n) is 11.4. The molecule has 7 heteroatoms. The first-order chi connectivity index (χ1) is 16.8. The molecule has 2 aromatic carbocycles. The lowest BCUT2D eigenvalue weighted by atomic mass is 9.94. The number of aliphatic hydroxyl groups is 1. The highest BCUT2D eigenvalue weighted by Crippen LogP contribution is 2.40. The summed E-state index contributed by atoms with van der Waals surface area (Å²) < 4.78 is 19.5. The summed E-state index contributed by atoms with van der Waals surface area (Å²) in [6, 6.07) is 13.4. The van der Waals surface area contributed by atoms with Gasteiger partial charge in [0.2, 0.25) is 0 Å². The molecule has 4 rings (SSSR count). The van der Waals surface area contributed by atoms with Crippen molar-refractivity contribution in [3.05, 3.63) is 101 Å². The number of benzene rings is 2. The van der Waals surface area contributed by atoms with Crippen molar-refractivity contribution >= 4 is 17.4 Å². The van der Waals surface area contributed by atoms with E-state index < -0.39 is 23.5 Å². The predicted molar refractivity (Wildman–Crippen MR) is 130 cm³/mol. The molecule has 0 bridgehead atoms. The Morgan fingerprint density at radius 3 is 2.51 bits per heavy atom. The fourth-order valence-electron chi connectivity index (χ4n) is 4.09. The van der Waals surface area contributed by atoms with Crippen LogP contribution in [0.3, 0.4) is 0 Å². The van der Waals surface area contributed by atoms with Crippen molar-refractivity contribution in [1.29, 1.82) is 0 Å². The minimum atomic E-state index is -0.882. The Kier molecular flexibility index (Phi) is 6.96. The Hall–Kier alpha value is -4.00. The zero-order valence-electron chi connectivity index (χ0n) is 19.9. The summed E-state index contributed by atoms with van der Waals surface area (Å²) in [4.78, 5) is 31.7. The third-order valence-corrected chi connectivity index (χ3v) is 5.82. The van der Waals surface area contributed by atoms with Gasteiger partial charge in [-0.15, -0.1) is 0 Å². The molecule has 180 valence electrons. The Morgan fingerprint density at radius 2 is 1.89 bits per heavy atom. The first kappa shape index (κ1) is 24.1.